The predicted octanol–water partition coefficient (Wildman–Crippen LogP) is 1.64. The van der Waals surface area contributed by atoms with Crippen molar-refractivity contribution in [1.82, 2.24) is 14.9 Å². The van der Waals surface area contributed by atoms with E-state index in [1.807, 2.05) is 44.3 Å². The first-order valence-electron chi connectivity index (χ1n) is 5.83. The van der Waals surface area contributed by atoms with Crippen LogP contribution in [-0.4, -0.2) is 16.6 Å². The average Bonchev–Trinajstić information content (AvgIpc) is 2.83. The summed E-state index contributed by atoms with van der Waals surface area (Å²) in [7, 11) is 1.88. The second kappa shape index (κ2) is 5.34. The van der Waals surface area contributed by atoms with Gasteiger partial charge in [0.1, 0.15) is 18.5 Å². The molecule has 0 spiro atoms. The van der Waals surface area contributed by atoms with Gasteiger partial charge in [-0.3, -0.25) is 4.57 Å². The van der Waals surface area contributed by atoms with Gasteiger partial charge in [-0.2, -0.15) is 10.5 Å². The zero-order valence-corrected chi connectivity index (χ0v) is 10.8. The molecule has 2 aromatic rings. The monoisotopic (exact) mass is 251 g/mol. The van der Waals surface area contributed by atoms with Crippen LogP contribution in [0.25, 0.3) is 5.69 Å². The first-order valence-corrected chi connectivity index (χ1v) is 5.83. The number of nitrogens with zero attached hydrogens (tertiary/aromatic N) is 4. The lowest BCUT2D eigenvalue weighted by atomic mass is 10.1. The van der Waals surface area contributed by atoms with Crippen molar-refractivity contribution >= 4 is 0 Å². The number of aryl methyl sites for hydroxylation is 1. The molecule has 0 unspecified atom stereocenters. The van der Waals surface area contributed by atoms with E-state index in [1.54, 1.807) is 4.57 Å². The third kappa shape index (κ3) is 2.33. The van der Waals surface area contributed by atoms with Crippen LogP contribution in [0.5, 0.6) is 0 Å². The second-order valence-corrected chi connectivity index (χ2v) is 4.19. The highest BCUT2D eigenvalue weighted by Gasteiger charge is 2.13. The largest absolute Gasteiger partial charge is 0.316 e. The molecular weight excluding hydrogens is 238 g/mol. The summed E-state index contributed by atoms with van der Waals surface area (Å²) in [4.78, 5) is 3.96. The lowest BCUT2D eigenvalue weighted by molar-refractivity contribution is 0.815. The summed E-state index contributed by atoms with van der Waals surface area (Å²) in [6, 6.07) is 9.99. The van der Waals surface area contributed by atoms with Gasteiger partial charge in [-0.05, 0) is 31.2 Å². The number of hydrogen-bond donors (Lipinski definition) is 1. The minimum absolute atomic E-state index is 0.154. The molecular formula is C14H13N5. The molecule has 2 rings (SSSR count). The molecule has 0 aliphatic rings. The van der Waals surface area contributed by atoms with Crippen molar-refractivity contribution in [3.05, 3.63) is 47.0 Å². The summed E-state index contributed by atoms with van der Waals surface area (Å²) in [5.74, 6) is 0. The zero-order valence-electron chi connectivity index (χ0n) is 10.8. The molecule has 0 saturated carbocycles. The van der Waals surface area contributed by atoms with Gasteiger partial charge >= 0.3 is 0 Å². The second-order valence-electron chi connectivity index (χ2n) is 4.19. The van der Waals surface area contributed by atoms with Crippen LogP contribution in [0, 0.1) is 29.6 Å². The third-order valence-corrected chi connectivity index (χ3v) is 2.89. The Morgan fingerprint density at radius 1 is 1.32 bits per heavy atom. The fraction of sp³-hybridized carbons (Fsp3) is 0.214. The molecule has 0 radical (unpaired) electrons. The summed E-state index contributed by atoms with van der Waals surface area (Å²) in [5.41, 5.74) is 3.43. The number of imidazole rings is 1. The van der Waals surface area contributed by atoms with Crippen LogP contribution in [0.3, 0.4) is 0 Å². The first kappa shape index (κ1) is 12.8. The van der Waals surface area contributed by atoms with Gasteiger partial charge in [-0.15, -0.1) is 0 Å². The highest BCUT2D eigenvalue weighted by molar-refractivity contribution is 5.49. The van der Waals surface area contributed by atoms with Gasteiger partial charge in [0.15, 0.2) is 11.4 Å². The Bertz CT molecular complexity index is 685. The maximum absolute atomic E-state index is 9.17. The molecule has 19 heavy (non-hydrogen) atoms. The molecule has 94 valence electrons. The number of rotatable bonds is 3. The summed E-state index contributed by atoms with van der Waals surface area (Å²) in [6.45, 7) is 2.71. The van der Waals surface area contributed by atoms with E-state index in [-0.39, 0.29) is 11.4 Å². The Hall–Kier alpha value is -2.63. The smallest absolute Gasteiger partial charge is 0.177 e. The molecule has 0 aliphatic carbocycles. The Morgan fingerprint density at radius 2 is 2.11 bits per heavy atom. The minimum Gasteiger partial charge on any atom is -0.316 e. The maximum Gasteiger partial charge on any atom is 0.177 e. The van der Waals surface area contributed by atoms with Crippen molar-refractivity contribution in [2.75, 3.05) is 7.05 Å². The highest BCUT2D eigenvalue weighted by atomic mass is 15.1. The SMILES string of the molecule is CNCc1ccc(C)c(-n2cnc(C#N)c2C#N)c1. The Balaban J connectivity index is 2.59. The molecule has 1 N–H and O–H groups in total. The molecule has 1 aromatic heterocycles. The van der Waals surface area contributed by atoms with Gasteiger partial charge in [0.25, 0.3) is 0 Å². The highest BCUT2D eigenvalue weighted by Crippen LogP contribution is 2.19. The molecule has 1 aromatic carbocycles. The van der Waals surface area contributed by atoms with E-state index in [4.69, 9.17) is 10.5 Å². The van der Waals surface area contributed by atoms with Crippen molar-refractivity contribution in [3.63, 3.8) is 0 Å². The van der Waals surface area contributed by atoms with Crippen LogP contribution in [0.1, 0.15) is 22.5 Å². The molecule has 0 bridgehead atoms. The number of aromatic nitrogens is 2. The normalized spacial score (nSPS) is 9.89. The van der Waals surface area contributed by atoms with Crippen molar-refractivity contribution in [2.45, 2.75) is 13.5 Å². The molecule has 5 heteroatoms. The zero-order chi connectivity index (χ0) is 13.8. The van der Waals surface area contributed by atoms with Crippen molar-refractivity contribution in [3.8, 4) is 17.8 Å². The van der Waals surface area contributed by atoms with E-state index >= 15 is 0 Å². The van der Waals surface area contributed by atoms with Gasteiger partial charge < -0.3 is 5.32 Å². The molecule has 0 fully saturated rings. The molecule has 0 atom stereocenters. The average molecular weight is 251 g/mol. The van der Waals surface area contributed by atoms with Crippen molar-refractivity contribution < 1.29 is 0 Å². The van der Waals surface area contributed by atoms with Crippen LogP contribution in [0.15, 0.2) is 24.5 Å². The van der Waals surface area contributed by atoms with Gasteiger partial charge in [0.2, 0.25) is 0 Å². The van der Waals surface area contributed by atoms with Gasteiger partial charge in [-0.1, -0.05) is 12.1 Å². The van der Waals surface area contributed by atoms with E-state index in [1.165, 1.54) is 6.33 Å². The topological polar surface area (TPSA) is 77.4 Å². The van der Waals surface area contributed by atoms with Crippen molar-refractivity contribution in [1.29, 1.82) is 10.5 Å². The first-order chi connectivity index (χ1) is 9.21. The van der Waals surface area contributed by atoms with Gasteiger partial charge in [0, 0.05) is 6.54 Å². The van der Waals surface area contributed by atoms with Gasteiger partial charge in [0.05, 0.1) is 5.69 Å². The Labute approximate surface area is 111 Å². The third-order valence-electron chi connectivity index (χ3n) is 2.89. The van der Waals surface area contributed by atoms with Crippen LogP contribution in [-0.2, 0) is 6.54 Å². The number of nitrogens with one attached hydrogen (secondary N) is 1. The van der Waals surface area contributed by atoms with Crippen molar-refractivity contribution in [2.24, 2.45) is 0 Å². The van der Waals surface area contributed by atoms with Crippen LogP contribution >= 0.6 is 0 Å². The molecule has 5 nitrogen and oxygen atoms in total. The standard InChI is InChI=1S/C14H13N5/c1-10-3-4-11(8-17-2)5-13(10)19-9-18-12(6-15)14(19)7-16/h3-5,9,17H,8H2,1-2H3. The van der Waals surface area contributed by atoms with E-state index in [9.17, 15) is 0 Å². The lowest BCUT2D eigenvalue weighted by Gasteiger charge is -2.10. The molecule has 0 aliphatic heterocycles. The quantitative estimate of drug-likeness (QED) is 0.899. The van der Waals surface area contributed by atoms with E-state index in [0.717, 1.165) is 23.4 Å². The van der Waals surface area contributed by atoms with Gasteiger partial charge in [-0.25, -0.2) is 4.98 Å². The van der Waals surface area contributed by atoms with E-state index in [2.05, 4.69) is 10.3 Å². The Morgan fingerprint density at radius 3 is 2.74 bits per heavy atom. The number of benzene rings is 1. The predicted molar refractivity (Wildman–Crippen MR) is 70.5 cm³/mol. The maximum atomic E-state index is 9.17. The number of nitriles is 2. The van der Waals surface area contributed by atoms with Crippen LogP contribution in [0.4, 0.5) is 0 Å². The fourth-order valence-corrected chi connectivity index (χ4v) is 1.95. The van der Waals surface area contributed by atoms with Crippen LogP contribution < -0.4 is 5.32 Å². The summed E-state index contributed by atoms with van der Waals surface area (Å²) >= 11 is 0. The van der Waals surface area contributed by atoms with E-state index in [0.29, 0.717) is 0 Å². The molecule has 1 heterocycles. The Kier molecular flexibility index (Phi) is 3.61. The minimum atomic E-state index is 0.154. The van der Waals surface area contributed by atoms with Crippen LogP contribution in [0.2, 0.25) is 0 Å². The summed E-state index contributed by atoms with van der Waals surface area (Å²) in [5, 5.41) is 21.2. The molecule has 0 saturated heterocycles. The van der Waals surface area contributed by atoms with E-state index < -0.39 is 0 Å². The lowest BCUT2D eigenvalue weighted by Crippen LogP contribution is -2.07. The summed E-state index contributed by atoms with van der Waals surface area (Å²) < 4.78 is 1.66. The summed E-state index contributed by atoms with van der Waals surface area (Å²) in [6.07, 6.45) is 1.52. The number of hydrogen-bond acceptors (Lipinski definition) is 4. The fourth-order valence-electron chi connectivity index (χ4n) is 1.95. The molecule has 0 amide bonds.